The molecule has 116 valence electrons. The third-order valence-electron chi connectivity index (χ3n) is 2.86. The minimum Gasteiger partial charge on any atom is -0.319 e. The third-order valence-corrected chi connectivity index (χ3v) is 7.19. The van der Waals surface area contributed by atoms with Crippen molar-refractivity contribution in [3.8, 4) is 0 Å². The molecule has 0 aliphatic heterocycles. The maximum Gasteiger partial charge on any atom is 0.250 e. The Hall–Kier alpha value is -0.800. The van der Waals surface area contributed by atoms with Gasteiger partial charge in [0.25, 0.3) is 10.0 Å². The first-order valence-corrected chi connectivity index (χ1v) is 9.78. The minimum atomic E-state index is -3.49. The summed E-state index contributed by atoms with van der Waals surface area (Å²) in [6.45, 7) is 4.54. The number of hydrogen-bond donors (Lipinski definition) is 2. The second kappa shape index (κ2) is 6.97. The van der Waals surface area contributed by atoms with Gasteiger partial charge in [0.15, 0.2) is 0 Å². The van der Waals surface area contributed by atoms with Crippen LogP contribution in [-0.4, -0.2) is 27.0 Å². The second-order valence-electron chi connectivity index (χ2n) is 4.74. The number of likely N-dealkylation sites (N-methyl/N-ethyl adjacent to an activating group) is 1. The zero-order valence-corrected chi connectivity index (χ0v) is 14.7. The van der Waals surface area contributed by atoms with Crippen molar-refractivity contribution in [3.05, 3.63) is 33.1 Å². The molecule has 2 N–H and O–H groups in total. The summed E-state index contributed by atoms with van der Waals surface area (Å²) in [5, 5.41) is 5.75. The highest BCUT2D eigenvalue weighted by Crippen LogP contribution is 2.25. The summed E-state index contributed by atoms with van der Waals surface area (Å²) in [5.74, 6) is 0. The Morgan fingerprint density at radius 1 is 1.38 bits per heavy atom. The maximum absolute atomic E-state index is 12.4. The van der Waals surface area contributed by atoms with Crippen LogP contribution in [0.4, 0.5) is 0 Å². The largest absolute Gasteiger partial charge is 0.319 e. The van der Waals surface area contributed by atoms with Crippen molar-refractivity contribution in [3.63, 3.8) is 0 Å². The molecule has 0 aliphatic rings. The molecule has 0 aromatic carbocycles. The van der Waals surface area contributed by atoms with Gasteiger partial charge in [0.1, 0.15) is 9.22 Å². The van der Waals surface area contributed by atoms with E-state index in [-0.39, 0.29) is 6.04 Å². The molecule has 2 aromatic rings. The molecule has 21 heavy (non-hydrogen) atoms. The van der Waals surface area contributed by atoms with E-state index in [0.717, 1.165) is 28.5 Å². The molecule has 8 heteroatoms. The Morgan fingerprint density at radius 2 is 2.14 bits per heavy atom. The topological polar surface area (TPSA) is 71.1 Å². The fraction of sp³-hybridized carbons (Fsp3) is 0.462. The van der Waals surface area contributed by atoms with E-state index in [1.807, 2.05) is 32.3 Å². The number of thiophene rings is 1. The van der Waals surface area contributed by atoms with Gasteiger partial charge < -0.3 is 5.32 Å². The highest BCUT2D eigenvalue weighted by Gasteiger charge is 2.21. The third kappa shape index (κ3) is 4.33. The standard InChI is InChI=1S/C13H19N3O2S3/c1-9-8-19-13(15-9)10(2)16-21(17,18)12-5-4-11(20-12)6-7-14-3/h4-5,8,10,14,16H,6-7H2,1-3H3. The van der Waals surface area contributed by atoms with E-state index in [2.05, 4.69) is 15.0 Å². The Balaban J connectivity index is 2.09. The van der Waals surface area contributed by atoms with Crippen LogP contribution in [-0.2, 0) is 16.4 Å². The summed E-state index contributed by atoms with van der Waals surface area (Å²) in [7, 11) is -1.61. The Kier molecular flexibility index (Phi) is 5.50. The van der Waals surface area contributed by atoms with Crippen LogP contribution in [0.3, 0.4) is 0 Å². The molecule has 0 aliphatic carbocycles. The average Bonchev–Trinajstić information content (AvgIpc) is 3.05. The summed E-state index contributed by atoms with van der Waals surface area (Å²) in [5.41, 5.74) is 0.909. The van der Waals surface area contributed by atoms with Crippen LogP contribution < -0.4 is 10.0 Å². The molecular weight excluding hydrogens is 326 g/mol. The van der Waals surface area contributed by atoms with E-state index in [1.54, 1.807) is 6.07 Å². The van der Waals surface area contributed by atoms with Gasteiger partial charge in [-0.25, -0.2) is 18.1 Å². The van der Waals surface area contributed by atoms with Crippen molar-refractivity contribution < 1.29 is 8.42 Å². The first-order valence-electron chi connectivity index (χ1n) is 6.60. The van der Waals surface area contributed by atoms with Crippen molar-refractivity contribution in [1.82, 2.24) is 15.0 Å². The van der Waals surface area contributed by atoms with Crippen LogP contribution in [0.15, 0.2) is 21.7 Å². The molecule has 0 bridgehead atoms. The van der Waals surface area contributed by atoms with E-state index in [1.165, 1.54) is 22.7 Å². The SMILES string of the molecule is CNCCc1ccc(S(=O)(=O)NC(C)c2nc(C)cs2)s1. The van der Waals surface area contributed by atoms with Gasteiger partial charge in [-0.2, -0.15) is 0 Å². The number of rotatable bonds is 7. The molecule has 0 amide bonds. The quantitative estimate of drug-likeness (QED) is 0.808. The minimum absolute atomic E-state index is 0.323. The predicted octanol–water partition coefficient (Wildman–Crippen LogP) is 2.31. The molecule has 0 radical (unpaired) electrons. The van der Waals surface area contributed by atoms with E-state index >= 15 is 0 Å². The highest BCUT2D eigenvalue weighted by molar-refractivity contribution is 7.91. The molecule has 1 atom stereocenters. The summed E-state index contributed by atoms with van der Waals surface area (Å²) in [6, 6.07) is 3.21. The molecule has 2 aromatic heterocycles. The zero-order valence-electron chi connectivity index (χ0n) is 12.2. The zero-order chi connectivity index (χ0) is 15.5. The fourth-order valence-electron chi connectivity index (χ4n) is 1.80. The smallest absolute Gasteiger partial charge is 0.250 e. The van der Waals surface area contributed by atoms with Crippen molar-refractivity contribution in [2.45, 2.75) is 30.5 Å². The summed E-state index contributed by atoms with van der Waals surface area (Å²) >= 11 is 2.78. The Morgan fingerprint density at radius 3 is 2.76 bits per heavy atom. The molecule has 2 rings (SSSR count). The van der Waals surface area contributed by atoms with Crippen LogP contribution in [0.2, 0.25) is 0 Å². The molecule has 0 saturated heterocycles. The highest BCUT2D eigenvalue weighted by atomic mass is 32.2. The molecule has 0 spiro atoms. The summed E-state index contributed by atoms with van der Waals surface area (Å²) in [4.78, 5) is 5.38. The van der Waals surface area contributed by atoms with E-state index in [0.29, 0.717) is 4.21 Å². The molecule has 2 heterocycles. The number of nitrogens with zero attached hydrogens (tertiary/aromatic N) is 1. The number of hydrogen-bond acceptors (Lipinski definition) is 6. The monoisotopic (exact) mass is 345 g/mol. The lowest BCUT2D eigenvalue weighted by Crippen LogP contribution is -2.26. The van der Waals surface area contributed by atoms with E-state index in [9.17, 15) is 8.42 Å². The molecular formula is C13H19N3O2S3. The Labute approximate surface area is 133 Å². The molecule has 5 nitrogen and oxygen atoms in total. The average molecular weight is 346 g/mol. The van der Waals surface area contributed by atoms with Gasteiger partial charge in [0, 0.05) is 16.0 Å². The van der Waals surface area contributed by atoms with Gasteiger partial charge in [0.05, 0.1) is 6.04 Å². The molecule has 0 saturated carbocycles. The van der Waals surface area contributed by atoms with Crippen molar-refractivity contribution in [2.75, 3.05) is 13.6 Å². The van der Waals surface area contributed by atoms with Crippen LogP contribution in [0.25, 0.3) is 0 Å². The first-order chi connectivity index (χ1) is 9.92. The predicted molar refractivity (Wildman–Crippen MR) is 87.5 cm³/mol. The van der Waals surface area contributed by atoms with Gasteiger partial charge in [-0.3, -0.25) is 0 Å². The van der Waals surface area contributed by atoms with Crippen LogP contribution in [0.1, 0.15) is 28.5 Å². The lowest BCUT2D eigenvalue weighted by Gasteiger charge is -2.10. The number of aromatic nitrogens is 1. The van der Waals surface area contributed by atoms with Gasteiger partial charge in [-0.05, 0) is 46.0 Å². The molecule has 0 fully saturated rings. The van der Waals surface area contributed by atoms with Crippen LogP contribution in [0, 0.1) is 6.92 Å². The van der Waals surface area contributed by atoms with Gasteiger partial charge in [-0.1, -0.05) is 0 Å². The van der Waals surface area contributed by atoms with Crippen LogP contribution >= 0.6 is 22.7 Å². The number of sulfonamides is 1. The summed E-state index contributed by atoms with van der Waals surface area (Å²) in [6.07, 6.45) is 0.831. The lowest BCUT2D eigenvalue weighted by molar-refractivity contribution is 0.568. The van der Waals surface area contributed by atoms with E-state index in [4.69, 9.17) is 0 Å². The lowest BCUT2D eigenvalue weighted by atomic mass is 10.3. The van der Waals surface area contributed by atoms with Gasteiger partial charge in [-0.15, -0.1) is 22.7 Å². The molecule has 1 unspecified atom stereocenters. The number of aryl methyl sites for hydroxylation is 1. The number of nitrogens with one attached hydrogen (secondary N) is 2. The van der Waals surface area contributed by atoms with Gasteiger partial charge >= 0.3 is 0 Å². The number of thiazole rings is 1. The maximum atomic E-state index is 12.4. The van der Waals surface area contributed by atoms with Crippen LogP contribution in [0.5, 0.6) is 0 Å². The van der Waals surface area contributed by atoms with E-state index < -0.39 is 10.0 Å². The van der Waals surface area contributed by atoms with Gasteiger partial charge in [0.2, 0.25) is 0 Å². The van der Waals surface area contributed by atoms with Crippen molar-refractivity contribution >= 4 is 32.7 Å². The van der Waals surface area contributed by atoms with Crippen molar-refractivity contribution in [1.29, 1.82) is 0 Å². The second-order valence-corrected chi connectivity index (χ2v) is 8.74. The Bertz CT molecular complexity index is 691. The summed E-state index contributed by atoms with van der Waals surface area (Å²) < 4.78 is 27.8. The first kappa shape index (κ1) is 16.6. The normalized spacial score (nSPS) is 13.5. The van der Waals surface area contributed by atoms with Crippen molar-refractivity contribution in [2.24, 2.45) is 0 Å². The fourth-order valence-corrected chi connectivity index (χ4v) is 5.26.